The summed E-state index contributed by atoms with van der Waals surface area (Å²) in [5, 5.41) is 14.6. The first-order valence-electron chi connectivity index (χ1n) is 12.4. The average Bonchev–Trinajstić information content (AvgIpc) is 3.42. The van der Waals surface area contributed by atoms with Crippen LogP contribution < -0.4 is 10.6 Å². The molecule has 0 aromatic carbocycles. The molecule has 1 saturated carbocycles. The van der Waals surface area contributed by atoms with Crippen molar-refractivity contribution in [2.45, 2.75) is 57.9 Å². The molecule has 1 aliphatic carbocycles. The van der Waals surface area contributed by atoms with Gasteiger partial charge in [-0.15, -0.1) is 0 Å². The minimum atomic E-state index is -3.45. The van der Waals surface area contributed by atoms with Gasteiger partial charge >= 0.3 is 0 Å². The molecule has 196 valence electrons. The van der Waals surface area contributed by atoms with E-state index in [1.807, 2.05) is 16.9 Å². The summed E-state index contributed by atoms with van der Waals surface area (Å²) in [5.41, 5.74) is 2.94. The molecule has 1 aliphatic rings. The standard InChI is InChI=1S/C26H29N9O2S/c1-17(2)31-23-11-25(28-13-20(23)6-5-19-12-29-34(15-19)18(3)4)32-24-9-10-27-26(33-24)21-14-30-35(16-21)38(36,37)22-7-8-22/h9-18,22H,7-8H2,1-4H3,(H2,27,28,31,32,33). The molecule has 4 aromatic rings. The fourth-order valence-electron chi connectivity index (χ4n) is 3.65. The van der Waals surface area contributed by atoms with Gasteiger partial charge in [0.25, 0.3) is 10.0 Å². The third-order valence-corrected chi connectivity index (χ3v) is 7.79. The molecular weight excluding hydrogens is 502 g/mol. The highest BCUT2D eigenvalue weighted by atomic mass is 32.2. The zero-order chi connectivity index (χ0) is 26.9. The van der Waals surface area contributed by atoms with E-state index in [1.165, 1.54) is 12.4 Å². The van der Waals surface area contributed by atoms with Gasteiger partial charge in [0.1, 0.15) is 11.6 Å². The maximum atomic E-state index is 12.5. The van der Waals surface area contributed by atoms with E-state index in [0.29, 0.717) is 35.9 Å². The molecule has 0 bridgehead atoms. The summed E-state index contributed by atoms with van der Waals surface area (Å²) < 4.78 is 27.8. The second kappa shape index (κ2) is 10.3. The Morgan fingerprint density at radius 2 is 1.82 bits per heavy atom. The first-order chi connectivity index (χ1) is 18.2. The minimum absolute atomic E-state index is 0.184. The van der Waals surface area contributed by atoms with Gasteiger partial charge in [0.2, 0.25) is 0 Å². The van der Waals surface area contributed by atoms with Gasteiger partial charge < -0.3 is 10.6 Å². The largest absolute Gasteiger partial charge is 0.382 e. The number of rotatable bonds is 8. The van der Waals surface area contributed by atoms with Crippen LogP contribution in [0.2, 0.25) is 0 Å². The number of nitrogens with zero attached hydrogens (tertiary/aromatic N) is 7. The van der Waals surface area contributed by atoms with Gasteiger partial charge in [0.05, 0.1) is 46.2 Å². The van der Waals surface area contributed by atoms with Gasteiger partial charge in [-0.25, -0.2) is 23.4 Å². The maximum absolute atomic E-state index is 12.5. The van der Waals surface area contributed by atoms with Gasteiger partial charge in [-0.3, -0.25) is 4.68 Å². The van der Waals surface area contributed by atoms with Crippen molar-refractivity contribution in [1.29, 1.82) is 0 Å². The summed E-state index contributed by atoms with van der Waals surface area (Å²) in [7, 11) is -3.45. The summed E-state index contributed by atoms with van der Waals surface area (Å²) in [6, 6.07) is 4.05. The predicted molar refractivity (Wildman–Crippen MR) is 145 cm³/mol. The van der Waals surface area contributed by atoms with Crippen molar-refractivity contribution >= 4 is 27.3 Å². The number of aromatic nitrogens is 7. The Bertz CT molecular complexity index is 1620. The van der Waals surface area contributed by atoms with E-state index in [4.69, 9.17) is 0 Å². The first kappa shape index (κ1) is 25.4. The monoisotopic (exact) mass is 531 g/mol. The fourth-order valence-corrected chi connectivity index (χ4v) is 5.13. The highest BCUT2D eigenvalue weighted by Gasteiger charge is 2.37. The van der Waals surface area contributed by atoms with Crippen LogP contribution in [0.5, 0.6) is 0 Å². The molecule has 2 N–H and O–H groups in total. The van der Waals surface area contributed by atoms with Crippen LogP contribution in [0.1, 0.15) is 57.7 Å². The van der Waals surface area contributed by atoms with Crippen LogP contribution in [0, 0.1) is 11.8 Å². The second-order valence-corrected chi connectivity index (χ2v) is 11.8. The van der Waals surface area contributed by atoms with Crippen molar-refractivity contribution in [1.82, 2.24) is 33.9 Å². The molecule has 5 rings (SSSR count). The van der Waals surface area contributed by atoms with E-state index in [2.05, 4.69) is 75.3 Å². The van der Waals surface area contributed by atoms with Crippen LogP contribution >= 0.6 is 0 Å². The lowest BCUT2D eigenvalue weighted by molar-refractivity contribution is 0.532. The third-order valence-electron chi connectivity index (χ3n) is 5.76. The lowest BCUT2D eigenvalue weighted by Crippen LogP contribution is -2.17. The number of nitrogens with one attached hydrogen (secondary N) is 2. The number of hydrogen-bond donors (Lipinski definition) is 2. The Kier molecular flexibility index (Phi) is 6.86. The lowest BCUT2D eigenvalue weighted by Gasteiger charge is -2.14. The van der Waals surface area contributed by atoms with Crippen LogP contribution in [0.15, 0.2) is 49.3 Å². The smallest absolute Gasteiger partial charge is 0.256 e. The van der Waals surface area contributed by atoms with Crippen molar-refractivity contribution in [3.05, 3.63) is 60.4 Å². The first-order valence-corrected chi connectivity index (χ1v) is 13.9. The minimum Gasteiger partial charge on any atom is -0.382 e. The van der Waals surface area contributed by atoms with E-state index < -0.39 is 10.0 Å². The van der Waals surface area contributed by atoms with E-state index in [-0.39, 0.29) is 17.3 Å². The molecule has 0 amide bonds. The van der Waals surface area contributed by atoms with Crippen LogP contribution in [-0.2, 0) is 10.0 Å². The molecule has 38 heavy (non-hydrogen) atoms. The molecule has 4 heterocycles. The van der Waals surface area contributed by atoms with Gasteiger partial charge in [0.15, 0.2) is 5.82 Å². The number of hydrogen-bond acceptors (Lipinski definition) is 9. The Labute approximate surface area is 221 Å². The summed E-state index contributed by atoms with van der Waals surface area (Å²) in [6.45, 7) is 8.24. The van der Waals surface area contributed by atoms with Crippen LogP contribution in [0.4, 0.5) is 17.3 Å². The highest BCUT2D eigenvalue weighted by molar-refractivity contribution is 7.90. The van der Waals surface area contributed by atoms with Gasteiger partial charge in [-0.1, -0.05) is 11.8 Å². The number of anilines is 3. The molecule has 0 saturated heterocycles. The summed E-state index contributed by atoms with van der Waals surface area (Å²) in [5.74, 6) is 7.80. The van der Waals surface area contributed by atoms with E-state index in [1.54, 1.807) is 24.7 Å². The maximum Gasteiger partial charge on any atom is 0.256 e. The van der Waals surface area contributed by atoms with Crippen molar-refractivity contribution in [3.63, 3.8) is 0 Å². The van der Waals surface area contributed by atoms with Crippen molar-refractivity contribution in [2.24, 2.45) is 0 Å². The Morgan fingerprint density at radius 3 is 2.53 bits per heavy atom. The molecule has 0 radical (unpaired) electrons. The van der Waals surface area contributed by atoms with E-state index in [0.717, 1.165) is 20.9 Å². The molecule has 11 nitrogen and oxygen atoms in total. The highest BCUT2D eigenvalue weighted by Crippen LogP contribution is 2.30. The molecule has 1 fully saturated rings. The zero-order valence-electron chi connectivity index (χ0n) is 21.6. The van der Waals surface area contributed by atoms with E-state index >= 15 is 0 Å². The van der Waals surface area contributed by atoms with Crippen molar-refractivity contribution in [2.75, 3.05) is 10.6 Å². The summed E-state index contributed by atoms with van der Waals surface area (Å²) in [4.78, 5) is 13.3. The van der Waals surface area contributed by atoms with Crippen molar-refractivity contribution < 1.29 is 8.42 Å². The molecular formula is C26H29N9O2S. The molecule has 0 atom stereocenters. The van der Waals surface area contributed by atoms with Crippen LogP contribution in [0.3, 0.4) is 0 Å². The molecule has 4 aromatic heterocycles. The second-order valence-electron chi connectivity index (χ2n) is 9.70. The molecule has 0 spiro atoms. The Morgan fingerprint density at radius 1 is 1.00 bits per heavy atom. The summed E-state index contributed by atoms with van der Waals surface area (Å²) in [6.07, 6.45) is 11.2. The number of pyridine rings is 1. The third kappa shape index (κ3) is 5.68. The van der Waals surface area contributed by atoms with Gasteiger partial charge in [-0.05, 0) is 46.6 Å². The topological polar surface area (TPSA) is 133 Å². The Balaban J connectivity index is 1.37. The fraction of sp³-hybridized carbons (Fsp3) is 0.346. The zero-order valence-corrected chi connectivity index (χ0v) is 22.4. The summed E-state index contributed by atoms with van der Waals surface area (Å²) >= 11 is 0. The Hall–Kier alpha value is -4.24. The van der Waals surface area contributed by atoms with E-state index in [9.17, 15) is 8.42 Å². The van der Waals surface area contributed by atoms with Crippen LogP contribution in [0.25, 0.3) is 11.4 Å². The molecule has 0 aliphatic heterocycles. The van der Waals surface area contributed by atoms with Crippen molar-refractivity contribution in [3.8, 4) is 23.2 Å². The molecule has 0 unspecified atom stereocenters. The molecule has 12 heteroatoms. The van der Waals surface area contributed by atoms with Crippen LogP contribution in [-0.4, -0.2) is 53.6 Å². The predicted octanol–water partition coefficient (Wildman–Crippen LogP) is 3.82. The quantitative estimate of drug-likeness (QED) is 0.326. The average molecular weight is 532 g/mol. The van der Waals surface area contributed by atoms with Gasteiger partial charge in [-0.2, -0.15) is 14.3 Å². The van der Waals surface area contributed by atoms with Gasteiger partial charge in [0, 0.05) is 36.7 Å². The SMILES string of the molecule is CC(C)Nc1cc(Nc2ccnc(-c3cnn(S(=O)(=O)C4CC4)c3)n2)ncc1C#Cc1cnn(C(C)C)c1. The lowest BCUT2D eigenvalue weighted by atomic mass is 10.2. The normalized spacial score (nSPS) is 13.4.